The van der Waals surface area contributed by atoms with Crippen LogP contribution >= 0.6 is 22.6 Å². The standard InChI is InChI=1S/C13H16IN3/c1-2-17-8-7-16-13(17)9-12(15)10-5-3-4-6-11(10)14/h3-8,12H,2,9,15H2,1H3. The molecule has 0 radical (unpaired) electrons. The molecule has 1 aromatic carbocycles. The van der Waals surface area contributed by atoms with E-state index in [-0.39, 0.29) is 6.04 Å². The fraction of sp³-hybridized carbons (Fsp3) is 0.308. The maximum atomic E-state index is 6.25. The van der Waals surface area contributed by atoms with E-state index >= 15 is 0 Å². The van der Waals surface area contributed by atoms with Gasteiger partial charge in [-0.15, -0.1) is 0 Å². The summed E-state index contributed by atoms with van der Waals surface area (Å²) in [6, 6.07) is 8.25. The van der Waals surface area contributed by atoms with Crippen LogP contribution in [0.4, 0.5) is 0 Å². The van der Waals surface area contributed by atoms with Crippen molar-refractivity contribution in [3.05, 3.63) is 51.6 Å². The highest BCUT2D eigenvalue weighted by Gasteiger charge is 2.12. The predicted octanol–water partition coefficient (Wildman–Crippen LogP) is 2.75. The molecule has 0 aliphatic rings. The fourth-order valence-corrected chi connectivity index (χ4v) is 2.69. The van der Waals surface area contributed by atoms with Crippen LogP contribution in [0.2, 0.25) is 0 Å². The lowest BCUT2D eigenvalue weighted by molar-refractivity contribution is 0.626. The van der Waals surface area contributed by atoms with Crippen molar-refractivity contribution < 1.29 is 0 Å². The molecule has 2 N–H and O–H groups in total. The Morgan fingerprint density at radius 1 is 1.41 bits per heavy atom. The molecule has 0 aliphatic heterocycles. The van der Waals surface area contributed by atoms with Crippen LogP contribution in [0.25, 0.3) is 0 Å². The third-order valence-electron chi connectivity index (χ3n) is 2.85. The van der Waals surface area contributed by atoms with Crippen molar-refractivity contribution in [1.82, 2.24) is 9.55 Å². The van der Waals surface area contributed by atoms with E-state index in [4.69, 9.17) is 5.73 Å². The van der Waals surface area contributed by atoms with Crippen LogP contribution in [-0.2, 0) is 13.0 Å². The number of hydrogen-bond donors (Lipinski definition) is 1. The number of aryl methyl sites for hydroxylation is 1. The molecule has 1 aromatic heterocycles. The third-order valence-corrected chi connectivity index (χ3v) is 3.83. The van der Waals surface area contributed by atoms with Gasteiger partial charge >= 0.3 is 0 Å². The third kappa shape index (κ3) is 2.87. The van der Waals surface area contributed by atoms with Gasteiger partial charge in [-0.2, -0.15) is 0 Å². The van der Waals surface area contributed by atoms with Gasteiger partial charge in [0, 0.05) is 35.0 Å². The van der Waals surface area contributed by atoms with E-state index in [0.29, 0.717) is 0 Å². The number of nitrogens with two attached hydrogens (primary N) is 1. The molecule has 0 spiro atoms. The minimum absolute atomic E-state index is 0.01000. The highest BCUT2D eigenvalue weighted by Crippen LogP contribution is 2.20. The van der Waals surface area contributed by atoms with E-state index in [1.807, 2.05) is 24.5 Å². The molecule has 2 aromatic rings. The molecule has 3 nitrogen and oxygen atoms in total. The highest BCUT2D eigenvalue weighted by molar-refractivity contribution is 14.1. The van der Waals surface area contributed by atoms with Crippen molar-refractivity contribution in [3.63, 3.8) is 0 Å². The monoisotopic (exact) mass is 341 g/mol. The summed E-state index contributed by atoms with van der Waals surface area (Å²) >= 11 is 2.33. The molecule has 2 rings (SSSR count). The summed E-state index contributed by atoms with van der Waals surface area (Å²) < 4.78 is 3.35. The minimum atomic E-state index is 0.01000. The Kier molecular flexibility index (Phi) is 4.17. The van der Waals surface area contributed by atoms with Gasteiger partial charge in [-0.05, 0) is 41.1 Å². The van der Waals surface area contributed by atoms with Gasteiger partial charge in [0.15, 0.2) is 0 Å². The zero-order chi connectivity index (χ0) is 12.3. The first-order valence-corrected chi connectivity index (χ1v) is 6.80. The van der Waals surface area contributed by atoms with Crippen molar-refractivity contribution in [2.75, 3.05) is 0 Å². The number of nitrogens with zero attached hydrogens (tertiary/aromatic N) is 2. The zero-order valence-corrected chi connectivity index (χ0v) is 12.0. The van der Waals surface area contributed by atoms with Gasteiger partial charge in [-0.1, -0.05) is 18.2 Å². The van der Waals surface area contributed by atoms with Gasteiger partial charge in [0.25, 0.3) is 0 Å². The molecule has 0 aliphatic carbocycles. The second kappa shape index (κ2) is 5.64. The molecule has 17 heavy (non-hydrogen) atoms. The smallest absolute Gasteiger partial charge is 0.110 e. The van der Waals surface area contributed by atoms with Gasteiger partial charge in [0.1, 0.15) is 5.82 Å². The first kappa shape index (κ1) is 12.6. The Balaban J connectivity index is 2.17. The van der Waals surface area contributed by atoms with Crippen molar-refractivity contribution in [2.24, 2.45) is 5.73 Å². The average Bonchev–Trinajstić information content (AvgIpc) is 2.76. The molecular weight excluding hydrogens is 325 g/mol. The summed E-state index contributed by atoms with van der Waals surface area (Å²) in [6.07, 6.45) is 4.61. The fourth-order valence-electron chi connectivity index (χ4n) is 1.90. The van der Waals surface area contributed by atoms with Crippen LogP contribution in [0.1, 0.15) is 24.4 Å². The summed E-state index contributed by atoms with van der Waals surface area (Å²) in [5, 5.41) is 0. The lowest BCUT2D eigenvalue weighted by atomic mass is 10.0. The van der Waals surface area contributed by atoms with Crippen molar-refractivity contribution in [2.45, 2.75) is 25.9 Å². The molecule has 1 atom stereocenters. The average molecular weight is 341 g/mol. The SMILES string of the molecule is CCn1ccnc1CC(N)c1ccccc1I. The summed E-state index contributed by atoms with van der Waals surface area (Å²) in [7, 11) is 0. The number of halogens is 1. The summed E-state index contributed by atoms with van der Waals surface area (Å²) in [5.41, 5.74) is 7.45. The lowest BCUT2D eigenvalue weighted by Crippen LogP contribution is -2.17. The molecule has 1 heterocycles. The van der Waals surface area contributed by atoms with E-state index in [0.717, 1.165) is 18.8 Å². The minimum Gasteiger partial charge on any atom is -0.335 e. The van der Waals surface area contributed by atoms with E-state index in [9.17, 15) is 0 Å². The predicted molar refractivity (Wildman–Crippen MR) is 77.7 cm³/mol. The number of aromatic nitrogens is 2. The van der Waals surface area contributed by atoms with Gasteiger partial charge in [0.05, 0.1) is 0 Å². The van der Waals surface area contributed by atoms with Crippen LogP contribution in [0, 0.1) is 3.57 Å². The number of imidazole rings is 1. The molecule has 0 fully saturated rings. The Morgan fingerprint density at radius 3 is 2.88 bits per heavy atom. The Bertz CT molecular complexity index is 493. The molecular formula is C13H16IN3. The van der Waals surface area contributed by atoms with E-state index < -0.39 is 0 Å². The largest absolute Gasteiger partial charge is 0.335 e. The molecule has 1 unspecified atom stereocenters. The molecule has 4 heteroatoms. The van der Waals surface area contributed by atoms with Gasteiger partial charge < -0.3 is 10.3 Å². The van der Waals surface area contributed by atoms with Gasteiger partial charge in [0.2, 0.25) is 0 Å². The maximum absolute atomic E-state index is 6.25. The molecule has 0 amide bonds. The molecule has 0 saturated carbocycles. The van der Waals surface area contributed by atoms with Crippen molar-refractivity contribution >= 4 is 22.6 Å². The van der Waals surface area contributed by atoms with E-state index in [1.54, 1.807) is 0 Å². The van der Waals surface area contributed by atoms with Crippen LogP contribution < -0.4 is 5.73 Å². The Hall–Kier alpha value is -0.880. The van der Waals surface area contributed by atoms with Gasteiger partial charge in [-0.3, -0.25) is 0 Å². The van der Waals surface area contributed by atoms with Crippen LogP contribution in [-0.4, -0.2) is 9.55 Å². The number of benzene rings is 1. The highest BCUT2D eigenvalue weighted by atomic mass is 127. The summed E-state index contributed by atoms with van der Waals surface area (Å²) in [6.45, 7) is 3.05. The number of rotatable bonds is 4. The van der Waals surface area contributed by atoms with E-state index in [1.165, 1.54) is 9.13 Å². The second-order valence-electron chi connectivity index (χ2n) is 3.96. The summed E-state index contributed by atoms with van der Waals surface area (Å²) in [5.74, 6) is 1.06. The summed E-state index contributed by atoms with van der Waals surface area (Å²) in [4.78, 5) is 4.36. The Labute approximate surface area is 115 Å². The van der Waals surface area contributed by atoms with E-state index in [2.05, 4.69) is 51.2 Å². The second-order valence-corrected chi connectivity index (χ2v) is 5.12. The Morgan fingerprint density at radius 2 is 2.18 bits per heavy atom. The quantitative estimate of drug-likeness (QED) is 0.869. The lowest BCUT2D eigenvalue weighted by Gasteiger charge is -2.14. The number of hydrogen-bond acceptors (Lipinski definition) is 2. The topological polar surface area (TPSA) is 43.8 Å². The van der Waals surface area contributed by atoms with Crippen LogP contribution in [0.3, 0.4) is 0 Å². The van der Waals surface area contributed by atoms with Crippen molar-refractivity contribution in [3.8, 4) is 0 Å². The van der Waals surface area contributed by atoms with Crippen LogP contribution in [0.5, 0.6) is 0 Å². The van der Waals surface area contributed by atoms with Crippen molar-refractivity contribution in [1.29, 1.82) is 0 Å². The first-order valence-electron chi connectivity index (χ1n) is 5.72. The molecule has 90 valence electrons. The van der Waals surface area contributed by atoms with Gasteiger partial charge in [-0.25, -0.2) is 4.98 Å². The van der Waals surface area contributed by atoms with Crippen LogP contribution in [0.15, 0.2) is 36.7 Å². The first-order chi connectivity index (χ1) is 8.22. The normalized spacial score (nSPS) is 12.6. The molecule has 0 bridgehead atoms. The molecule has 0 saturated heterocycles. The zero-order valence-electron chi connectivity index (χ0n) is 9.81. The maximum Gasteiger partial charge on any atom is 0.110 e.